The van der Waals surface area contributed by atoms with Crippen LogP contribution in [0.3, 0.4) is 0 Å². The van der Waals surface area contributed by atoms with Crippen LogP contribution in [0.2, 0.25) is 0 Å². The molecule has 4 heteroatoms. The molecule has 0 bridgehead atoms. The third-order valence-electron chi connectivity index (χ3n) is 2.52. The van der Waals surface area contributed by atoms with Gasteiger partial charge in [-0.15, -0.1) is 0 Å². The molecule has 0 spiro atoms. The van der Waals surface area contributed by atoms with E-state index in [9.17, 15) is 4.39 Å². The molecule has 1 aromatic heterocycles. The van der Waals surface area contributed by atoms with Gasteiger partial charge in [0.1, 0.15) is 0 Å². The van der Waals surface area contributed by atoms with Gasteiger partial charge in [-0.25, -0.2) is 9.37 Å². The van der Waals surface area contributed by atoms with Crippen LogP contribution in [-0.2, 0) is 0 Å². The molecule has 0 aliphatic heterocycles. The number of nitrogens with one attached hydrogen (secondary N) is 1. The Bertz CT molecular complexity index is 313. The van der Waals surface area contributed by atoms with E-state index < -0.39 is 0 Å². The van der Waals surface area contributed by atoms with Gasteiger partial charge < -0.3 is 5.32 Å². The minimum Gasteiger partial charge on any atom is -0.367 e. The highest BCUT2D eigenvalue weighted by atomic mass is 79.9. The Labute approximate surface area is 98.4 Å². The molecule has 1 heterocycles. The number of anilines is 1. The molecule has 1 N–H and O–H groups in total. The normalized spacial score (nSPS) is 10.7. The summed E-state index contributed by atoms with van der Waals surface area (Å²) in [5.74, 6) is 0.607. The zero-order valence-corrected chi connectivity index (χ0v) is 10.6. The quantitative estimate of drug-likeness (QED) is 0.883. The second kappa shape index (κ2) is 6.05. The predicted octanol–water partition coefficient (Wildman–Crippen LogP) is 3.83. The molecule has 1 rings (SSSR count). The summed E-state index contributed by atoms with van der Waals surface area (Å²) >= 11 is 3.17. The Morgan fingerprint density at radius 3 is 2.67 bits per heavy atom. The maximum absolute atomic E-state index is 13.4. The summed E-state index contributed by atoms with van der Waals surface area (Å²) in [4.78, 5) is 3.99. The molecular formula is C11H16BrFN2. The predicted molar refractivity (Wildman–Crippen MR) is 64.5 cm³/mol. The molecule has 0 amide bonds. The fraction of sp³-hybridized carbons (Fsp3) is 0.545. The molecule has 2 nitrogen and oxygen atoms in total. The molecule has 0 radical (unpaired) electrons. The van der Waals surface area contributed by atoms with E-state index in [1.54, 1.807) is 6.20 Å². The summed E-state index contributed by atoms with van der Waals surface area (Å²) in [6, 6.07) is 1.42. The van der Waals surface area contributed by atoms with Gasteiger partial charge in [0.2, 0.25) is 0 Å². The van der Waals surface area contributed by atoms with Crippen LogP contribution in [0.4, 0.5) is 10.2 Å². The molecule has 0 aromatic carbocycles. The van der Waals surface area contributed by atoms with E-state index in [4.69, 9.17) is 0 Å². The van der Waals surface area contributed by atoms with Gasteiger partial charge in [-0.05, 0) is 27.9 Å². The Kier molecular flexibility index (Phi) is 5.02. The summed E-state index contributed by atoms with van der Waals surface area (Å²) in [5, 5.41) is 3.04. The van der Waals surface area contributed by atoms with Crippen molar-refractivity contribution in [2.75, 3.05) is 11.9 Å². The molecule has 0 atom stereocenters. The van der Waals surface area contributed by atoms with Crippen LogP contribution in [0.1, 0.15) is 26.7 Å². The summed E-state index contributed by atoms with van der Waals surface area (Å²) in [5.41, 5.74) is 0. The molecule has 0 saturated heterocycles. The lowest BCUT2D eigenvalue weighted by Gasteiger charge is -2.13. The first-order valence-corrected chi connectivity index (χ1v) is 6.01. The SMILES string of the molecule is CCC(CC)CNc1ncc(Br)cc1F. The number of halogens is 2. The Hall–Kier alpha value is -0.640. The van der Waals surface area contributed by atoms with Crippen molar-refractivity contribution in [3.05, 3.63) is 22.6 Å². The number of rotatable bonds is 5. The van der Waals surface area contributed by atoms with Crippen molar-refractivity contribution >= 4 is 21.7 Å². The number of nitrogens with zero attached hydrogens (tertiary/aromatic N) is 1. The van der Waals surface area contributed by atoms with E-state index in [2.05, 4.69) is 40.1 Å². The maximum atomic E-state index is 13.4. The summed E-state index contributed by atoms with van der Waals surface area (Å²) in [6.07, 6.45) is 3.79. The van der Waals surface area contributed by atoms with E-state index in [-0.39, 0.29) is 5.82 Å². The van der Waals surface area contributed by atoms with Crippen LogP contribution in [0.25, 0.3) is 0 Å². The van der Waals surface area contributed by atoms with Crippen molar-refractivity contribution in [1.29, 1.82) is 0 Å². The van der Waals surface area contributed by atoms with Crippen LogP contribution >= 0.6 is 15.9 Å². The Morgan fingerprint density at radius 2 is 2.13 bits per heavy atom. The molecular weight excluding hydrogens is 259 g/mol. The van der Waals surface area contributed by atoms with Gasteiger partial charge in [-0.1, -0.05) is 26.7 Å². The van der Waals surface area contributed by atoms with E-state index in [1.165, 1.54) is 6.07 Å². The molecule has 84 valence electrons. The van der Waals surface area contributed by atoms with Gasteiger partial charge in [0, 0.05) is 17.2 Å². The highest BCUT2D eigenvalue weighted by molar-refractivity contribution is 9.10. The summed E-state index contributed by atoms with van der Waals surface area (Å²) in [7, 11) is 0. The van der Waals surface area contributed by atoms with Crippen molar-refractivity contribution in [1.82, 2.24) is 4.98 Å². The zero-order chi connectivity index (χ0) is 11.3. The smallest absolute Gasteiger partial charge is 0.166 e. The molecule has 0 fully saturated rings. The molecule has 0 unspecified atom stereocenters. The third kappa shape index (κ3) is 3.78. The molecule has 0 aliphatic carbocycles. The monoisotopic (exact) mass is 274 g/mol. The second-order valence-electron chi connectivity index (χ2n) is 3.55. The molecule has 0 saturated carbocycles. The van der Waals surface area contributed by atoms with Crippen LogP contribution in [0, 0.1) is 11.7 Å². The number of hydrogen-bond acceptors (Lipinski definition) is 2. The van der Waals surface area contributed by atoms with Crippen molar-refractivity contribution in [3.63, 3.8) is 0 Å². The van der Waals surface area contributed by atoms with Crippen molar-refractivity contribution in [2.24, 2.45) is 5.92 Å². The zero-order valence-electron chi connectivity index (χ0n) is 9.06. The highest BCUT2D eigenvalue weighted by Gasteiger charge is 2.07. The van der Waals surface area contributed by atoms with Crippen LogP contribution in [0.15, 0.2) is 16.7 Å². The minimum absolute atomic E-state index is 0.310. The van der Waals surface area contributed by atoms with Gasteiger partial charge in [0.05, 0.1) is 0 Å². The number of pyridine rings is 1. The van der Waals surface area contributed by atoms with Gasteiger partial charge in [0.15, 0.2) is 11.6 Å². The lowest BCUT2D eigenvalue weighted by molar-refractivity contribution is 0.515. The Balaban J connectivity index is 2.57. The second-order valence-corrected chi connectivity index (χ2v) is 4.46. The Morgan fingerprint density at radius 1 is 1.47 bits per heavy atom. The van der Waals surface area contributed by atoms with Crippen molar-refractivity contribution in [3.8, 4) is 0 Å². The fourth-order valence-corrected chi connectivity index (χ4v) is 1.67. The van der Waals surface area contributed by atoms with Crippen LogP contribution in [-0.4, -0.2) is 11.5 Å². The third-order valence-corrected chi connectivity index (χ3v) is 2.95. The van der Waals surface area contributed by atoms with Crippen molar-refractivity contribution in [2.45, 2.75) is 26.7 Å². The molecule has 15 heavy (non-hydrogen) atoms. The maximum Gasteiger partial charge on any atom is 0.166 e. The summed E-state index contributed by atoms with van der Waals surface area (Å²) < 4.78 is 14.0. The van der Waals surface area contributed by atoms with Gasteiger partial charge >= 0.3 is 0 Å². The summed E-state index contributed by atoms with van der Waals surface area (Å²) in [6.45, 7) is 5.06. The minimum atomic E-state index is -0.310. The standard InChI is InChI=1S/C11H16BrFN2/c1-3-8(4-2)6-14-11-10(13)5-9(12)7-15-11/h5,7-8H,3-4,6H2,1-2H3,(H,14,15). The first-order chi connectivity index (χ1) is 7.17. The van der Waals surface area contributed by atoms with E-state index >= 15 is 0 Å². The molecule has 1 aromatic rings. The number of hydrogen-bond donors (Lipinski definition) is 1. The average Bonchev–Trinajstić information content (AvgIpc) is 2.22. The fourth-order valence-electron chi connectivity index (χ4n) is 1.36. The lowest BCUT2D eigenvalue weighted by Crippen LogP contribution is -2.14. The largest absolute Gasteiger partial charge is 0.367 e. The topological polar surface area (TPSA) is 24.9 Å². The van der Waals surface area contributed by atoms with Crippen LogP contribution in [0.5, 0.6) is 0 Å². The van der Waals surface area contributed by atoms with Crippen LogP contribution < -0.4 is 5.32 Å². The first-order valence-electron chi connectivity index (χ1n) is 5.22. The average molecular weight is 275 g/mol. The number of aromatic nitrogens is 1. The molecule has 0 aliphatic rings. The van der Waals surface area contributed by atoms with Gasteiger partial charge in [-0.2, -0.15) is 0 Å². The lowest BCUT2D eigenvalue weighted by atomic mass is 10.0. The van der Waals surface area contributed by atoms with E-state index in [1.807, 2.05) is 0 Å². The van der Waals surface area contributed by atoms with Crippen molar-refractivity contribution < 1.29 is 4.39 Å². The van der Waals surface area contributed by atoms with E-state index in [0.717, 1.165) is 19.4 Å². The van der Waals surface area contributed by atoms with Gasteiger partial charge in [-0.3, -0.25) is 0 Å². The highest BCUT2D eigenvalue weighted by Crippen LogP contribution is 2.17. The van der Waals surface area contributed by atoms with Gasteiger partial charge in [0.25, 0.3) is 0 Å². The first kappa shape index (κ1) is 12.4. The van der Waals surface area contributed by atoms with E-state index in [0.29, 0.717) is 16.2 Å².